The van der Waals surface area contributed by atoms with Crippen molar-refractivity contribution in [2.75, 3.05) is 33.3 Å². The lowest BCUT2D eigenvalue weighted by Gasteiger charge is -2.28. The third-order valence-electron chi connectivity index (χ3n) is 6.91. The van der Waals surface area contributed by atoms with E-state index in [1.54, 1.807) is 36.4 Å². The lowest BCUT2D eigenvalue weighted by Crippen LogP contribution is -2.38. The van der Waals surface area contributed by atoms with Crippen molar-refractivity contribution in [1.29, 1.82) is 0 Å². The van der Waals surface area contributed by atoms with Gasteiger partial charge in [-0.25, -0.2) is 4.79 Å². The lowest BCUT2D eigenvalue weighted by molar-refractivity contribution is -0.140. The van der Waals surface area contributed by atoms with Crippen LogP contribution in [0.3, 0.4) is 0 Å². The highest BCUT2D eigenvalue weighted by Gasteiger charge is 2.46. The summed E-state index contributed by atoms with van der Waals surface area (Å²) in [6.45, 7) is 8.59. The highest BCUT2D eigenvalue weighted by atomic mass is 16.5. The zero-order valence-corrected chi connectivity index (χ0v) is 21.1. The molecule has 1 fully saturated rings. The average Bonchev–Trinajstić information content (AvgIpc) is 3.39. The number of hydrogen-bond acceptors (Lipinski definition) is 7. The maximum atomic E-state index is 13.3. The number of likely N-dealkylation sites (N-methyl/N-ethyl adjacent to an activating group) is 1. The number of benzene rings is 2. The van der Waals surface area contributed by atoms with Gasteiger partial charge in [0.25, 0.3) is 11.7 Å². The molecule has 1 saturated heterocycles. The summed E-state index contributed by atoms with van der Waals surface area (Å²) in [4.78, 5) is 42.1. The van der Waals surface area contributed by atoms with E-state index in [-0.39, 0.29) is 17.4 Å². The highest BCUT2D eigenvalue weighted by Crippen LogP contribution is 2.40. The van der Waals surface area contributed by atoms with Gasteiger partial charge < -0.3 is 24.4 Å². The summed E-state index contributed by atoms with van der Waals surface area (Å²) in [5.41, 5.74) is 2.43. The maximum absolute atomic E-state index is 13.3. The Bertz CT molecular complexity index is 1200. The number of hydrogen-bond donors (Lipinski definition) is 1. The molecule has 2 atom stereocenters. The Labute approximate surface area is 211 Å². The average molecular weight is 493 g/mol. The van der Waals surface area contributed by atoms with Gasteiger partial charge in [-0.2, -0.15) is 0 Å². The predicted octanol–water partition coefficient (Wildman–Crippen LogP) is 3.56. The number of nitrogens with zero attached hydrogens (tertiary/aromatic N) is 2. The van der Waals surface area contributed by atoms with Crippen molar-refractivity contribution in [1.82, 2.24) is 9.80 Å². The number of rotatable bonds is 8. The minimum atomic E-state index is -0.782. The Morgan fingerprint density at radius 1 is 1.11 bits per heavy atom. The Balaban J connectivity index is 1.78. The molecule has 0 bridgehead atoms. The van der Waals surface area contributed by atoms with Crippen molar-refractivity contribution in [3.05, 3.63) is 70.3 Å². The number of esters is 1. The smallest absolute Gasteiger partial charge is 0.337 e. The molecule has 2 aliphatic rings. The molecule has 36 heavy (non-hydrogen) atoms. The molecule has 0 radical (unpaired) electrons. The van der Waals surface area contributed by atoms with E-state index in [2.05, 4.69) is 4.90 Å². The topological polar surface area (TPSA) is 96.4 Å². The number of ketones is 1. The standard InChI is InChI=1S/C28H32N2O6/c1-5-29(6-2)13-14-30-24(18-7-9-19(10-8-18)28(34)35-4)23(26(32)27(30)33)25(31)20-11-12-22-21(16-20)15-17(3)36-22/h7-12,16-17,24,31H,5-6,13-15H2,1-4H3/b25-23+/t17-,24-/m0/s1. The first kappa shape index (κ1) is 25.4. The molecular formula is C28H32N2O6. The molecule has 2 aromatic carbocycles. The van der Waals surface area contributed by atoms with Gasteiger partial charge in [0.2, 0.25) is 0 Å². The quantitative estimate of drug-likeness (QED) is 0.261. The van der Waals surface area contributed by atoms with Crippen LogP contribution in [0, 0.1) is 0 Å². The molecule has 2 heterocycles. The summed E-state index contributed by atoms with van der Waals surface area (Å²) < 4.78 is 10.5. The van der Waals surface area contributed by atoms with E-state index in [9.17, 15) is 19.5 Å². The maximum Gasteiger partial charge on any atom is 0.337 e. The molecule has 0 aliphatic carbocycles. The summed E-state index contributed by atoms with van der Waals surface area (Å²) in [7, 11) is 1.31. The molecule has 8 nitrogen and oxygen atoms in total. The fraction of sp³-hybridized carbons (Fsp3) is 0.393. The van der Waals surface area contributed by atoms with Gasteiger partial charge in [0, 0.05) is 25.1 Å². The summed E-state index contributed by atoms with van der Waals surface area (Å²) in [6.07, 6.45) is 0.740. The fourth-order valence-electron chi connectivity index (χ4n) is 4.89. The van der Waals surface area contributed by atoms with Crippen molar-refractivity contribution in [2.24, 2.45) is 0 Å². The number of carbonyl (C=O) groups excluding carboxylic acids is 3. The second kappa shape index (κ2) is 10.5. The van der Waals surface area contributed by atoms with Gasteiger partial charge >= 0.3 is 5.97 Å². The van der Waals surface area contributed by atoms with Crippen molar-refractivity contribution in [3.8, 4) is 5.75 Å². The molecular weight excluding hydrogens is 460 g/mol. The van der Waals surface area contributed by atoms with E-state index in [0.717, 1.165) is 24.4 Å². The number of aliphatic hydroxyl groups is 1. The van der Waals surface area contributed by atoms with Crippen LogP contribution in [0.2, 0.25) is 0 Å². The van der Waals surface area contributed by atoms with Crippen LogP contribution in [0.25, 0.3) is 5.76 Å². The summed E-state index contributed by atoms with van der Waals surface area (Å²) in [5, 5.41) is 11.4. The van der Waals surface area contributed by atoms with E-state index >= 15 is 0 Å². The SMILES string of the molecule is CCN(CC)CCN1C(=O)C(=O)/C(=C(/O)c2ccc3c(c2)C[C@H](C)O3)[C@@H]1c1ccc(C(=O)OC)cc1. The fourth-order valence-corrected chi connectivity index (χ4v) is 4.89. The third-order valence-corrected chi connectivity index (χ3v) is 6.91. The Morgan fingerprint density at radius 3 is 2.42 bits per heavy atom. The lowest BCUT2D eigenvalue weighted by atomic mass is 9.94. The molecule has 0 spiro atoms. The van der Waals surface area contributed by atoms with Crippen molar-refractivity contribution < 1.29 is 29.0 Å². The molecule has 0 aromatic heterocycles. The number of methoxy groups -OCH3 is 1. The first-order valence-electron chi connectivity index (χ1n) is 12.3. The van der Waals surface area contributed by atoms with E-state index in [0.29, 0.717) is 36.2 Å². The van der Waals surface area contributed by atoms with Gasteiger partial charge in [0.1, 0.15) is 17.6 Å². The summed E-state index contributed by atoms with van der Waals surface area (Å²) >= 11 is 0. The molecule has 2 aromatic rings. The van der Waals surface area contributed by atoms with Crippen LogP contribution < -0.4 is 4.74 Å². The Kier molecular flexibility index (Phi) is 7.45. The van der Waals surface area contributed by atoms with Gasteiger partial charge in [-0.1, -0.05) is 26.0 Å². The van der Waals surface area contributed by atoms with E-state index < -0.39 is 23.7 Å². The summed E-state index contributed by atoms with van der Waals surface area (Å²) in [5.74, 6) is -1.31. The number of amides is 1. The Morgan fingerprint density at radius 2 is 1.78 bits per heavy atom. The normalized spacial score (nSPS) is 20.5. The van der Waals surface area contributed by atoms with Crippen LogP contribution in [0.5, 0.6) is 5.75 Å². The van der Waals surface area contributed by atoms with Gasteiger partial charge in [0.05, 0.1) is 24.3 Å². The van der Waals surface area contributed by atoms with Gasteiger partial charge in [-0.3, -0.25) is 9.59 Å². The minimum absolute atomic E-state index is 0.0383. The second-order valence-corrected chi connectivity index (χ2v) is 9.09. The third kappa shape index (κ3) is 4.73. The van der Waals surface area contributed by atoms with E-state index in [4.69, 9.17) is 9.47 Å². The van der Waals surface area contributed by atoms with Crippen LogP contribution in [-0.2, 0) is 20.7 Å². The van der Waals surface area contributed by atoms with Crippen LogP contribution in [0.15, 0.2) is 48.0 Å². The van der Waals surface area contributed by atoms with Gasteiger partial charge in [-0.05, 0) is 61.5 Å². The molecule has 0 saturated carbocycles. The molecule has 0 unspecified atom stereocenters. The molecule has 190 valence electrons. The first-order chi connectivity index (χ1) is 17.3. The number of aliphatic hydroxyl groups excluding tert-OH is 1. The molecule has 4 rings (SSSR count). The second-order valence-electron chi connectivity index (χ2n) is 9.09. The van der Waals surface area contributed by atoms with Crippen molar-refractivity contribution in [3.63, 3.8) is 0 Å². The Hall–Kier alpha value is -3.65. The van der Waals surface area contributed by atoms with Crippen LogP contribution in [0.1, 0.15) is 53.9 Å². The molecule has 1 amide bonds. The van der Waals surface area contributed by atoms with E-state index in [1.165, 1.54) is 12.0 Å². The number of carbonyl (C=O) groups is 3. The number of fused-ring (bicyclic) bond motifs is 1. The molecule has 8 heteroatoms. The van der Waals surface area contributed by atoms with Crippen molar-refractivity contribution >= 4 is 23.4 Å². The van der Waals surface area contributed by atoms with Crippen LogP contribution in [-0.4, -0.2) is 72.0 Å². The zero-order chi connectivity index (χ0) is 26.0. The number of ether oxygens (including phenoxy) is 2. The largest absolute Gasteiger partial charge is 0.507 e. The van der Waals surface area contributed by atoms with Crippen LogP contribution >= 0.6 is 0 Å². The summed E-state index contributed by atoms with van der Waals surface area (Å²) in [6, 6.07) is 11.1. The first-order valence-corrected chi connectivity index (χ1v) is 12.3. The van der Waals surface area contributed by atoms with Gasteiger partial charge in [-0.15, -0.1) is 0 Å². The number of Topliss-reactive ketones (excluding diaryl/α,β-unsaturated/α-hetero) is 1. The van der Waals surface area contributed by atoms with E-state index in [1.807, 2.05) is 26.8 Å². The molecule has 2 aliphatic heterocycles. The highest BCUT2D eigenvalue weighted by molar-refractivity contribution is 6.46. The van der Waals surface area contributed by atoms with Gasteiger partial charge in [0.15, 0.2) is 0 Å². The minimum Gasteiger partial charge on any atom is -0.507 e. The monoisotopic (exact) mass is 492 g/mol. The zero-order valence-electron chi connectivity index (χ0n) is 21.1. The molecule has 1 N–H and O–H groups in total. The number of likely N-dealkylation sites (tertiary alicyclic amines) is 1. The predicted molar refractivity (Wildman–Crippen MR) is 135 cm³/mol. The van der Waals surface area contributed by atoms with Crippen molar-refractivity contribution in [2.45, 2.75) is 39.3 Å². The van der Waals surface area contributed by atoms with Crippen LogP contribution in [0.4, 0.5) is 0 Å².